The molecule has 2 rings (SSSR count). The van der Waals surface area contributed by atoms with Gasteiger partial charge in [0.05, 0.1) is 11.4 Å². The van der Waals surface area contributed by atoms with Crippen molar-refractivity contribution in [2.75, 3.05) is 7.05 Å². The van der Waals surface area contributed by atoms with E-state index in [0.717, 1.165) is 5.69 Å². The molecule has 5 N–H and O–H groups in total. The summed E-state index contributed by atoms with van der Waals surface area (Å²) < 4.78 is 5.18. The summed E-state index contributed by atoms with van der Waals surface area (Å²) in [5.41, 5.74) is 13.1. The highest BCUT2D eigenvalue weighted by Crippen LogP contribution is 2.20. The van der Waals surface area contributed by atoms with E-state index in [1.807, 2.05) is 18.2 Å². The maximum Gasteiger partial charge on any atom is 0.325 e. The van der Waals surface area contributed by atoms with Crippen molar-refractivity contribution in [3.8, 4) is 11.4 Å². The standard InChI is InChI=1S/C11H14N6O.3ClH/c1-14-10(13)17-11-16-9(6-18-11)8-4-2-3-7(5-12)15-8;;;/h2-4,6H,5,12H2,1H3,(H3,13,14,16,17);3*1H. The number of nitrogens with two attached hydrogens (primary N) is 2. The van der Waals surface area contributed by atoms with Crippen LogP contribution in [0.1, 0.15) is 5.69 Å². The second kappa shape index (κ2) is 10.2. The van der Waals surface area contributed by atoms with Crippen LogP contribution in [-0.4, -0.2) is 23.0 Å². The van der Waals surface area contributed by atoms with E-state index in [4.69, 9.17) is 15.9 Å². The predicted octanol–water partition coefficient (Wildman–Crippen LogP) is 1.63. The number of pyridine rings is 1. The van der Waals surface area contributed by atoms with E-state index >= 15 is 0 Å². The summed E-state index contributed by atoms with van der Waals surface area (Å²) in [7, 11) is 1.66. The van der Waals surface area contributed by atoms with E-state index in [2.05, 4.69) is 20.3 Å². The van der Waals surface area contributed by atoms with E-state index in [9.17, 15) is 0 Å². The van der Waals surface area contributed by atoms with E-state index in [-0.39, 0.29) is 49.2 Å². The fourth-order valence-corrected chi connectivity index (χ4v) is 1.33. The van der Waals surface area contributed by atoms with Gasteiger partial charge in [0.15, 0.2) is 5.96 Å². The number of nitrogens with zero attached hydrogens (tertiary/aromatic N) is 3. The van der Waals surface area contributed by atoms with Gasteiger partial charge in [-0.05, 0) is 12.1 Å². The van der Waals surface area contributed by atoms with E-state index in [1.54, 1.807) is 7.05 Å². The molecule has 0 saturated heterocycles. The number of hydrogen-bond acceptors (Lipinski definition) is 5. The molecule has 0 unspecified atom stereocenters. The highest BCUT2D eigenvalue weighted by atomic mass is 35.5. The predicted molar refractivity (Wildman–Crippen MR) is 89.7 cm³/mol. The molecule has 21 heavy (non-hydrogen) atoms. The molecule has 0 radical (unpaired) electrons. The molecule has 0 fully saturated rings. The molecule has 118 valence electrons. The molecule has 0 amide bonds. The number of halogens is 3. The molecule has 10 heteroatoms. The van der Waals surface area contributed by atoms with Crippen LogP contribution in [0.5, 0.6) is 0 Å². The largest absolute Gasteiger partial charge is 0.430 e. The van der Waals surface area contributed by atoms with Crippen LogP contribution in [0.3, 0.4) is 0 Å². The fourth-order valence-electron chi connectivity index (χ4n) is 1.33. The van der Waals surface area contributed by atoms with Crippen LogP contribution in [0.25, 0.3) is 11.4 Å². The van der Waals surface area contributed by atoms with Gasteiger partial charge in [0, 0.05) is 13.6 Å². The molecule has 7 nitrogen and oxygen atoms in total. The minimum absolute atomic E-state index is 0. The Bertz CT molecular complexity index is 575. The van der Waals surface area contributed by atoms with Gasteiger partial charge < -0.3 is 21.2 Å². The lowest BCUT2D eigenvalue weighted by Crippen LogP contribution is -2.27. The zero-order chi connectivity index (χ0) is 13.0. The van der Waals surface area contributed by atoms with Crippen LogP contribution in [0.2, 0.25) is 0 Å². The highest BCUT2D eigenvalue weighted by Gasteiger charge is 2.07. The average molecular weight is 356 g/mol. The van der Waals surface area contributed by atoms with Crippen molar-refractivity contribution in [2.24, 2.45) is 16.5 Å². The first kappa shape index (κ1) is 21.8. The molecule has 0 bridgehead atoms. The van der Waals surface area contributed by atoms with Gasteiger partial charge in [0.1, 0.15) is 12.0 Å². The van der Waals surface area contributed by atoms with Crippen molar-refractivity contribution in [2.45, 2.75) is 6.54 Å². The summed E-state index contributed by atoms with van der Waals surface area (Å²) in [5.74, 6) is 0.229. The Morgan fingerprint density at radius 2 is 1.95 bits per heavy atom. The molecule has 0 aliphatic rings. The third kappa shape index (κ3) is 5.76. The minimum atomic E-state index is 0. The first-order valence-corrected chi connectivity index (χ1v) is 5.36. The van der Waals surface area contributed by atoms with Crippen LogP contribution in [0, 0.1) is 0 Å². The normalized spacial score (nSPS) is 9.90. The summed E-state index contributed by atoms with van der Waals surface area (Å²) in [6, 6.07) is 5.72. The zero-order valence-electron chi connectivity index (χ0n) is 11.1. The lowest BCUT2D eigenvalue weighted by atomic mass is 10.2. The molecule has 0 atom stereocenters. The summed E-state index contributed by atoms with van der Waals surface area (Å²) in [6.07, 6.45) is 1.48. The van der Waals surface area contributed by atoms with Crippen molar-refractivity contribution in [1.82, 2.24) is 15.3 Å². The second-order valence-corrected chi connectivity index (χ2v) is 3.48. The van der Waals surface area contributed by atoms with Crippen LogP contribution >= 0.6 is 37.2 Å². The Morgan fingerprint density at radius 1 is 1.24 bits per heavy atom. The van der Waals surface area contributed by atoms with Crippen molar-refractivity contribution in [3.63, 3.8) is 0 Å². The van der Waals surface area contributed by atoms with Gasteiger partial charge in [-0.3, -0.25) is 0 Å². The summed E-state index contributed by atoms with van der Waals surface area (Å²) in [4.78, 5) is 12.4. The Morgan fingerprint density at radius 3 is 2.57 bits per heavy atom. The van der Waals surface area contributed by atoms with Gasteiger partial charge >= 0.3 is 6.01 Å². The number of oxazole rings is 1. The van der Waals surface area contributed by atoms with Crippen molar-refractivity contribution >= 4 is 49.2 Å². The molecule has 0 aliphatic heterocycles. The average Bonchev–Trinajstić information content (AvgIpc) is 2.87. The Kier molecular flexibility index (Phi) is 10.6. The van der Waals surface area contributed by atoms with Crippen LogP contribution < -0.4 is 16.8 Å². The van der Waals surface area contributed by atoms with Crippen molar-refractivity contribution < 1.29 is 4.42 Å². The number of nitrogens with one attached hydrogen (secondary N) is 1. The quantitative estimate of drug-likeness (QED) is 0.569. The highest BCUT2D eigenvalue weighted by molar-refractivity contribution is 5.86. The van der Waals surface area contributed by atoms with E-state index in [0.29, 0.717) is 17.9 Å². The molecule has 2 heterocycles. The smallest absolute Gasteiger partial charge is 0.325 e. The van der Waals surface area contributed by atoms with Crippen molar-refractivity contribution in [1.29, 1.82) is 0 Å². The molecular weight excluding hydrogens is 339 g/mol. The van der Waals surface area contributed by atoms with Gasteiger partial charge in [0.25, 0.3) is 0 Å². The Labute approximate surface area is 140 Å². The number of guanidine groups is 1. The van der Waals surface area contributed by atoms with Crippen LogP contribution in [0.15, 0.2) is 33.9 Å². The second-order valence-electron chi connectivity index (χ2n) is 3.48. The van der Waals surface area contributed by atoms with E-state index in [1.165, 1.54) is 6.26 Å². The summed E-state index contributed by atoms with van der Waals surface area (Å²) in [5, 5.41) is 2.68. The molecule has 2 aromatic heterocycles. The van der Waals surface area contributed by atoms with E-state index < -0.39 is 0 Å². The zero-order valence-corrected chi connectivity index (χ0v) is 13.6. The summed E-state index contributed by atoms with van der Waals surface area (Å²) in [6.45, 7) is 0.378. The molecular formula is C11H17Cl3N6O. The van der Waals surface area contributed by atoms with Gasteiger partial charge in [-0.2, -0.15) is 9.98 Å². The summed E-state index contributed by atoms with van der Waals surface area (Å²) >= 11 is 0. The molecule has 0 aliphatic carbocycles. The molecule has 2 aromatic rings. The first-order valence-electron chi connectivity index (χ1n) is 5.36. The van der Waals surface area contributed by atoms with Crippen LogP contribution in [0.4, 0.5) is 6.01 Å². The fraction of sp³-hybridized carbons (Fsp3) is 0.182. The molecule has 0 saturated carbocycles. The minimum Gasteiger partial charge on any atom is -0.430 e. The first-order chi connectivity index (χ1) is 8.72. The van der Waals surface area contributed by atoms with Gasteiger partial charge in [-0.25, -0.2) is 4.98 Å². The Hall–Kier alpha value is -1.54. The third-order valence-electron chi connectivity index (χ3n) is 2.24. The number of aliphatic imine (C=N–C) groups is 1. The van der Waals surface area contributed by atoms with Gasteiger partial charge in [-0.15, -0.1) is 37.2 Å². The molecule has 0 spiro atoms. The topological polar surface area (TPSA) is 115 Å². The Balaban J connectivity index is 0. The molecule has 0 aromatic carbocycles. The lowest BCUT2D eigenvalue weighted by molar-refractivity contribution is 0.569. The number of hydrogen-bond donors (Lipinski definition) is 3. The third-order valence-corrected chi connectivity index (χ3v) is 2.24. The lowest BCUT2D eigenvalue weighted by Gasteiger charge is -1.98. The number of aromatic nitrogens is 2. The SMILES string of the molecule is CN/C(N)=N/c1nc(-c2cccc(CN)n2)co1.Cl.Cl.Cl. The van der Waals surface area contributed by atoms with Gasteiger partial charge in [-0.1, -0.05) is 6.07 Å². The monoisotopic (exact) mass is 354 g/mol. The van der Waals surface area contributed by atoms with Crippen molar-refractivity contribution in [3.05, 3.63) is 30.2 Å². The maximum atomic E-state index is 5.53. The van der Waals surface area contributed by atoms with Gasteiger partial charge in [0.2, 0.25) is 0 Å². The van der Waals surface area contributed by atoms with Crippen LogP contribution in [-0.2, 0) is 6.54 Å². The maximum absolute atomic E-state index is 5.53. The number of rotatable bonds is 3.